The highest BCUT2D eigenvalue weighted by molar-refractivity contribution is 5.15. The number of benzene rings is 1. The fourth-order valence-electron chi connectivity index (χ4n) is 3.11. The van der Waals surface area contributed by atoms with Crippen molar-refractivity contribution in [2.24, 2.45) is 5.73 Å². The summed E-state index contributed by atoms with van der Waals surface area (Å²) in [7, 11) is 2.20. The number of rotatable bonds is 6. The predicted molar refractivity (Wildman–Crippen MR) is 83.8 cm³/mol. The van der Waals surface area contributed by atoms with E-state index in [0.29, 0.717) is 18.7 Å². The zero-order chi connectivity index (χ0) is 14.6. The molecule has 1 fully saturated rings. The minimum absolute atomic E-state index is 0.0302. The van der Waals surface area contributed by atoms with Gasteiger partial charge in [0.1, 0.15) is 0 Å². The molecule has 0 bridgehead atoms. The third-order valence-electron chi connectivity index (χ3n) is 4.92. The lowest BCUT2D eigenvalue weighted by Gasteiger charge is -2.43. The smallest absolute Gasteiger partial charge is 0.0703 e. The van der Waals surface area contributed by atoms with Gasteiger partial charge in [-0.25, -0.2) is 0 Å². The van der Waals surface area contributed by atoms with Crippen LogP contribution in [0.2, 0.25) is 0 Å². The number of likely N-dealkylation sites (N-methyl/N-ethyl adjacent to an activating group) is 1. The summed E-state index contributed by atoms with van der Waals surface area (Å²) in [5.74, 6) is 0. The van der Waals surface area contributed by atoms with Crippen molar-refractivity contribution in [3.8, 4) is 0 Å². The van der Waals surface area contributed by atoms with Gasteiger partial charge >= 0.3 is 0 Å². The molecule has 2 N–H and O–H groups in total. The van der Waals surface area contributed by atoms with Crippen LogP contribution in [0.4, 0.5) is 0 Å². The van der Waals surface area contributed by atoms with Gasteiger partial charge in [-0.3, -0.25) is 4.90 Å². The second kappa shape index (κ2) is 6.70. The topological polar surface area (TPSA) is 38.5 Å². The van der Waals surface area contributed by atoms with Crippen LogP contribution in [0.1, 0.15) is 32.3 Å². The molecule has 0 aromatic heterocycles. The van der Waals surface area contributed by atoms with E-state index in [0.717, 1.165) is 25.9 Å². The Morgan fingerprint density at radius 3 is 2.60 bits per heavy atom. The Morgan fingerprint density at radius 1 is 1.35 bits per heavy atom. The fraction of sp³-hybridized carbons (Fsp3) is 0.647. The van der Waals surface area contributed by atoms with E-state index in [1.807, 2.05) is 0 Å². The molecule has 1 aromatic carbocycles. The molecule has 1 heterocycles. The molecule has 112 valence electrons. The van der Waals surface area contributed by atoms with Crippen molar-refractivity contribution in [1.29, 1.82) is 0 Å². The van der Waals surface area contributed by atoms with Crippen LogP contribution in [0.15, 0.2) is 30.3 Å². The monoisotopic (exact) mass is 276 g/mol. The van der Waals surface area contributed by atoms with E-state index in [1.165, 1.54) is 5.56 Å². The molecule has 3 atom stereocenters. The van der Waals surface area contributed by atoms with Crippen LogP contribution in [-0.2, 0) is 11.2 Å². The molecule has 0 amide bonds. The van der Waals surface area contributed by atoms with Crippen molar-refractivity contribution >= 4 is 0 Å². The van der Waals surface area contributed by atoms with E-state index in [2.05, 4.69) is 56.1 Å². The number of nitrogens with zero attached hydrogens (tertiary/aromatic N) is 1. The van der Waals surface area contributed by atoms with Gasteiger partial charge in [-0.05, 0) is 45.7 Å². The van der Waals surface area contributed by atoms with Gasteiger partial charge in [0, 0.05) is 24.7 Å². The average Bonchev–Trinajstić information content (AvgIpc) is 2.91. The van der Waals surface area contributed by atoms with Crippen LogP contribution in [0.5, 0.6) is 0 Å². The molecular weight excluding hydrogens is 248 g/mol. The molecule has 3 heteroatoms. The average molecular weight is 276 g/mol. The number of nitrogens with two attached hydrogens (primary N) is 1. The van der Waals surface area contributed by atoms with Crippen LogP contribution >= 0.6 is 0 Å². The number of ether oxygens (including phenoxy) is 1. The van der Waals surface area contributed by atoms with E-state index < -0.39 is 0 Å². The zero-order valence-electron chi connectivity index (χ0n) is 13.0. The van der Waals surface area contributed by atoms with Crippen LogP contribution in [0.25, 0.3) is 0 Å². The van der Waals surface area contributed by atoms with Gasteiger partial charge < -0.3 is 10.5 Å². The molecule has 0 radical (unpaired) electrons. The summed E-state index contributed by atoms with van der Waals surface area (Å²) in [6.07, 6.45) is 3.56. The molecule has 2 rings (SSSR count). The molecule has 3 unspecified atom stereocenters. The highest BCUT2D eigenvalue weighted by Crippen LogP contribution is 2.28. The minimum Gasteiger partial charge on any atom is -0.377 e. The van der Waals surface area contributed by atoms with Crippen molar-refractivity contribution in [3.05, 3.63) is 35.9 Å². The van der Waals surface area contributed by atoms with Gasteiger partial charge in [-0.1, -0.05) is 30.3 Å². The van der Waals surface area contributed by atoms with Gasteiger partial charge in [0.15, 0.2) is 0 Å². The first kappa shape index (κ1) is 15.5. The Bertz CT molecular complexity index is 409. The number of hydrogen-bond donors (Lipinski definition) is 1. The second-order valence-corrected chi connectivity index (χ2v) is 6.23. The fourth-order valence-corrected chi connectivity index (χ4v) is 3.11. The van der Waals surface area contributed by atoms with Gasteiger partial charge in [0.05, 0.1) is 6.10 Å². The van der Waals surface area contributed by atoms with Crippen LogP contribution in [0, 0.1) is 0 Å². The van der Waals surface area contributed by atoms with Gasteiger partial charge in [0.2, 0.25) is 0 Å². The molecule has 1 aliphatic rings. The van der Waals surface area contributed by atoms with Crippen molar-refractivity contribution < 1.29 is 4.74 Å². The first-order valence-electron chi connectivity index (χ1n) is 7.65. The molecule has 1 aliphatic heterocycles. The third-order valence-corrected chi connectivity index (χ3v) is 4.92. The summed E-state index contributed by atoms with van der Waals surface area (Å²) < 4.78 is 5.71. The Labute approximate surface area is 123 Å². The maximum Gasteiger partial charge on any atom is 0.0703 e. The van der Waals surface area contributed by atoms with E-state index in [1.54, 1.807) is 0 Å². The summed E-state index contributed by atoms with van der Waals surface area (Å²) in [6, 6.07) is 11.1. The molecule has 1 aromatic rings. The highest BCUT2D eigenvalue weighted by atomic mass is 16.5. The highest BCUT2D eigenvalue weighted by Gasteiger charge is 2.37. The standard InChI is InChI=1S/C17H28N2O/c1-14-16(10-12-20-14)19(3)17(2,13-18)11-9-15-7-5-4-6-8-15/h4-8,14,16H,9-13,18H2,1-3H3. The van der Waals surface area contributed by atoms with Crippen molar-refractivity contribution in [3.63, 3.8) is 0 Å². The Balaban J connectivity index is 2.00. The lowest BCUT2D eigenvalue weighted by molar-refractivity contribution is 0.0324. The Hall–Kier alpha value is -0.900. The van der Waals surface area contributed by atoms with Gasteiger partial charge in [-0.2, -0.15) is 0 Å². The SMILES string of the molecule is CC1OCCC1N(C)C(C)(CN)CCc1ccccc1. The largest absolute Gasteiger partial charge is 0.377 e. The molecule has 1 saturated heterocycles. The quantitative estimate of drug-likeness (QED) is 0.867. The summed E-state index contributed by atoms with van der Waals surface area (Å²) in [5.41, 5.74) is 7.52. The van der Waals surface area contributed by atoms with Crippen LogP contribution in [-0.4, -0.2) is 42.8 Å². The van der Waals surface area contributed by atoms with E-state index in [9.17, 15) is 0 Å². The summed E-state index contributed by atoms with van der Waals surface area (Å²) in [4.78, 5) is 2.45. The summed E-state index contributed by atoms with van der Waals surface area (Å²) in [6.45, 7) is 6.00. The van der Waals surface area contributed by atoms with E-state index in [4.69, 9.17) is 10.5 Å². The molecule has 0 saturated carbocycles. The lowest BCUT2D eigenvalue weighted by Crippen LogP contribution is -2.55. The maximum absolute atomic E-state index is 6.10. The zero-order valence-corrected chi connectivity index (χ0v) is 13.0. The van der Waals surface area contributed by atoms with Crippen molar-refractivity contribution in [2.75, 3.05) is 20.2 Å². The van der Waals surface area contributed by atoms with Crippen molar-refractivity contribution in [2.45, 2.75) is 50.8 Å². The van der Waals surface area contributed by atoms with Crippen molar-refractivity contribution in [1.82, 2.24) is 4.90 Å². The molecule has 3 nitrogen and oxygen atoms in total. The molecular formula is C17H28N2O. The maximum atomic E-state index is 6.10. The Kier molecular flexibility index (Phi) is 5.19. The molecule has 0 aliphatic carbocycles. The number of aryl methyl sites for hydroxylation is 1. The normalized spacial score (nSPS) is 25.9. The van der Waals surface area contributed by atoms with Crippen LogP contribution in [0.3, 0.4) is 0 Å². The summed E-state index contributed by atoms with van der Waals surface area (Å²) in [5, 5.41) is 0. The first-order valence-corrected chi connectivity index (χ1v) is 7.65. The predicted octanol–water partition coefficient (Wildman–Crippen LogP) is 2.45. The second-order valence-electron chi connectivity index (χ2n) is 6.23. The first-order chi connectivity index (χ1) is 9.57. The minimum atomic E-state index is 0.0302. The van der Waals surface area contributed by atoms with E-state index >= 15 is 0 Å². The van der Waals surface area contributed by atoms with E-state index in [-0.39, 0.29) is 5.54 Å². The number of hydrogen-bond acceptors (Lipinski definition) is 3. The van der Waals surface area contributed by atoms with Gasteiger partial charge in [-0.15, -0.1) is 0 Å². The van der Waals surface area contributed by atoms with Gasteiger partial charge in [0.25, 0.3) is 0 Å². The lowest BCUT2D eigenvalue weighted by atomic mass is 9.89. The third kappa shape index (κ3) is 3.40. The summed E-state index contributed by atoms with van der Waals surface area (Å²) >= 11 is 0. The molecule has 0 spiro atoms. The Morgan fingerprint density at radius 2 is 2.05 bits per heavy atom. The van der Waals surface area contributed by atoms with Crippen LogP contribution < -0.4 is 5.73 Å². The molecule has 20 heavy (non-hydrogen) atoms.